The second-order valence-electron chi connectivity index (χ2n) is 3.09. The Balaban J connectivity index is 2.44. The Labute approximate surface area is 85.2 Å². The lowest BCUT2D eigenvalue weighted by Gasteiger charge is -2.00. The third kappa shape index (κ3) is 3.65. The normalized spacial score (nSPS) is 9.92. The van der Waals surface area contributed by atoms with Gasteiger partial charge in [-0.15, -0.1) is 11.6 Å². The molecule has 0 radical (unpaired) electrons. The fraction of sp³-hybridized carbons (Fsp3) is 0.333. The molecule has 0 aliphatic heterocycles. The molecule has 0 heterocycles. The van der Waals surface area contributed by atoms with Gasteiger partial charge in [-0.3, -0.25) is 0 Å². The Hall–Kier alpha value is -0.750. The Kier molecular flexibility index (Phi) is 4.63. The van der Waals surface area contributed by atoms with Crippen molar-refractivity contribution in [2.75, 3.05) is 5.88 Å². The lowest BCUT2D eigenvalue weighted by molar-refractivity contribution is 0.800. The van der Waals surface area contributed by atoms with Crippen molar-refractivity contribution in [1.82, 2.24) is 0 Å². The third-order valence-electron chi connectivity index (χ3n) is 2.06. The van der Waals surface area contributed by atoms with Crippen molar-refractivity contribution in [2.45, 2.75) is 19.3 Å². The maximum absolute atomic E-state index is 5.60. The molecule has 0 unspecified atom stereocenters. The van der Waals surface area contributed by atoms with E-state index in [4.69, 9.17) is 11.6 Å². The first kappa shape index (κ1) is 10.3. The molecule has 0 aliphatic rings. The van der Waals surface area contributed by atoms with E-state index in [1.54, 1.807) is 0 Å². The predicted octanol–water partition coefficient (Wildman–Crippen LogP) is 3.89. The van der Waals surface area contributed by atoms with Crippen LogP contribution in [0.3, 0.4) is 0 Å². The standard InChI is InChI=1S/C12H15Cl/c1-2-11-6-8-12(9-7-11)5-3-4-10-13/h2,6-9H,1,3-5,10H2. The number of rotatable bonds is 5. The van der Waals surface area contributed by atoms with E-state index in [0.29, 0.717) is 0 Å². The van der Waals surface area contributed by atoms with E-state index in [1.165, 1.54) is 17.5 Å². The summed E-state index contributed by atoms with van der Waals surface area (Å²) >= 11 is 5.60. The zero-order valence-electron chi connectivity index (χ0n) is 7.80. The molecule has 70 valence electrons. The van der Waals surface area contributed by atoms with Gasteiger partial charge in [-0.1, -0.05) is 36.9 Å². The summed E-state index contributed by atoms with van der Waals surface area (Å²) in [6.45, 7) is 3.72. The Morgan fingerprint density at radius 1 is 1.15 bits per heavy atom. The van der Waals surface area contributed by atoms with Gasteiger partial charge in [-0.2, -0.15) is 0 Å². The van der Waals surface area contributed by atoms with Gasteiger partial charge in [-0.05, 0) is 30.4 Å². The summed E-state index contributed by atoms with van der Waals surface area (Å²) < 4.78 is 0. The second kappa shape index (κ2) is 5.82. The molecule has 0 nitrogen and oxygen atoms in total. The first-order valence-corrected chi connectivity index (χ1v) is 5.17. The molecular formula is C12H15Cl. The molecule has 0 N–H and O–H groups in total. The molecule has 1 heteroatoms. The van der Waals surface area contributed by atoms with E-state index in [1.807, 2.05) is 6.08 Å². The quantitative estimate of drug-likeness (QED) is 0.493. The number of alkyl halides is 1. The second-order valence-corrected chi connectivity index (χ2v) is 3.47. The van der Waals surface area contributed by atoms with Crippen molar-refractivity contribution in [3.8, 4) is 0 Å². The van der Waals surface area contributed by atoms with Gasteiger partial charge in [-0.25, -0.2) is 0 Å². The topological polar surface area (TPSA) is 0 Å². The third-order valence-corrected chi connectivity index (χ3v) is 2.33. The molecule has 1 rings (SSSR count). The number of halogens is 1. The van der Waals surface area contributed by atoms with E-state index in [2.05, 4.69) is 30.8 Å². The SMILES string of the molecule is C=Cc1ccc(CCCCCl)cc1. The fourth-order valence-corrected chi connectivity index (χ4v) is 1.43. The predicted molar refractivity (Wildman–Crippen MR) is 60.2 cm³/mol. The lowest BCUT2D eigenvalue weighted by Crippen LogP contribution is -1.86. The van der Waals surface area contributed by atoms with Gasteiger partial charge in [0.15, 0.2) is 0 Å². The summed E-state index contributed by atoms with van der Waals surface area (Å²) in [7, 11) is 0. The molecule has 0 aromatic heterocycles. The van der Waals surface area contributed by atoms with Crippen LogP contribution in [0.4, 0.5) is 0 Å². The van der Waals surface area contributed by atoms with Crippen molar-refractivity contribution >= 4 is 17.7 Å². The lowest BCUT2D eigenvalue weighted by atomic mass is 10.1. The molecular weight excluding hydrogens is 180 g/mol. The first-order chi connectivity index (χ1) is 6.36. The maximum atomic E-state index is 5.60. The van der Waals surface area contributed by atoms with E-state index in [-0.39, 0.29) is 0 Å². The summed E-state index contributed by atoms with van der Waals surface area (Å²) in [5.41, 5.74) is 2.57. The summed E-state index contributed by atoms with van der Waals surface area (Å²) in [5, 5.41) is 0. The highest BCUT2D eigenvalue weighted by molar-refractivity contribution is 6.17. The van der Waals surface area contributed by atoms with Gasteiger partial charge in [0.25, 0.3) is 0 Å². The van der Waals surface area contributed by atoms with Crippen LogP contribution in [0.25, 0.3) is 6.08 Å². The average molecular weight is 195 g/mol. The molecule has 1 aromatic carbocycles. The molecule has 0 atom stereocenters. The highest BCUT2D eigenvalue weighted by Crippen LogP contribution is 2.08. The molecule has 13 heavy (non-hydrogen) atoms. The molecule has 0 saturated carbocycles. The van der Waals surface area contributed by atoms with Gasteiger partial charge in [0.2, 0.25) is 0 Å². The maximum Gasteiger partial charge on any atom is 0.0223 e. The van der Waals surface area contributed by atoms with Gasteiger partial charge in [0.1, 0.15) is 0 Å². The van der Waals surface area contributed by atoms with E-state index in [9.17, 15) is 0 Å². The number of unbranched alkanes of at least 4 members (excludes halogenated alkanes) is 1. The Morgan fingerprint density at radius 2 is 1.85 bits per heavy atom. The number of hydrogen-bond acceptors (Lipinski definition) is 0. The van der Waals surface area contributed by atoms with E-state index >= 15 is 0 Å². The highest BCUT2D eigenvalue weighted by atomic mass is 35.5. The van der Waals surface area contributed by atoms with Crippen LogP contribution in [0.15, 0.2) is 30.8 Å². The Morgan fingerprint density at radius 3 is 2.38 bits per heavy atom. The minimum atomic E-state index is 0.769. The molecule has 0 aliphatic carbocycles. The Bertz CT molecular complexity index is 248. The van der Waals surface area contributed by atoms with Crippen molar-refractivity contribution < 1.29 is 0 Å². The van der Waals surface area contributed by atoms with Crippen LogP contribution < -0.4 is 0 Å². The monoisotopic (exact) mass is 194 g/mol. The van der Waals surface area contributed by atoms with Gasteiger partial charge in [0.05, 0.1) is 0 Å². The first-order valence-electron chi connectivity index (χ1n) is 4.64. The van der Waals surface area contributed by atoms with Crippen LogP contribution in [-0.4, -0.2) is 5.88 Å². The number of aryl methyl sites for hydroxylation is 1. The average Bonchev–Trinajstić information content (AvgIpc) is 2.19. The van der Waals surface area contributed by atoms with Crippen LogP contribution in [0.5, 0.6) is 0 Å². The molecule has 1 aromatic rings. The van der Waals surface area contributed by atoms with E-state index < -0.39 is 0 Å². The summed E-state index contributed by atoms with van der Waals surface area (Å²) in [6.07, 6.45) is 5.27. The summed E-state index contributed by atoms with van der Waals surface area (Å²) in [6, 6.07) is 8.52. The number of hydrogen-bond donors (Lipinski definition) is 0. The van der Waals surface area contributed by atoms with Gasteiger partial charge >= 0.3 is 0 Å². The van der Waals surface area contributed by atoms with Crippen molar-refractivity contribution in [3.05, 3.63) is 42.0 Å². The van der Waals surface area contributed by atoms with Gasteiger partial charge in [0, 0.05) is 5.88 Å². The smallest absolute Gasteiger partial charge is 0.0223 e. The van der Waals surface area contributed by atoms with Crippen LogP contribution in [0, 0.1) is 0 Å². The minimum absolute atomic E-state index is 0.769. The van der Waals surface area contributed by atoms with Crippen molar-refractivity contribution in [3.63, 3.8) is 0 Å². The molecule has 0 fully saturated rings. The minimum Gasteiger partial charge on any atom is -0.127 e. The van der Waals surface area contributed by atoms with E-state index in [0.717, 1.165) is 18.7 Å². The molecule has 0 spiro atoms. The number of benzene rings is 1. The van der Waals surface area contributed by atoms with Crippen molar-refractivity contribution in [2.24, 2.45) is 0 Å². The van der Waals surface area contributed by atoms with Crippen LogP contribution in [-0.2, 0) is 6.42 Å². The molecule has 0 saturated heterocycles. The fourth-order valence-electron chi connectivity index (χ4n) is 1.24. The van der Waals surface area contributed by atoms with Crippen LogP contribution in [0.2, 0.25) is 0 Å². The van der Waals surface area contributed by atoms with Crippen LogP contribution in [0.1, 0.15) is 24.0 Å². The molecule has 0 amide bonds. The van der Waals surface area contributed by atoms with Crippen molar-refractivity contribution in [1.29, 1.82) is 0 Å². The largest absolute Gasteiger partial charge is 0.127 e. The zero-order valence-corrected chi connectivity index (χ0v) is 8.56. The van der Waals surface area contributed by atoms with Gasteiger partial charge < -0.3 is 0 Å². The summed E-state index contributed by atoms with van der Waals surface area (Å²) in [5.74, 6) is 0.769. The highest BCUT2D eigenvalue weighted by Gasteiger charge is 1.92. The molecule has 0 bridgehead atoms. The zero-order chi connectivity index (χ0) is 9.52. The summed E-state index contributed by atoms with van der Waals surface area (Å²) in [4.78, 5) is 0. The van der Waals surface area contributed by atoms with Crippen LogP contribution >= 0.6 is 11.6 Å².